The van der Waals surface area contributed by atoms with Gasteiger partial charge in [-0.05, 0) is 49.8 Å². The summed E-state index contributed by atoms with van der Waals surface area (Å²) in [4.78, 5) is 12.6. The van der Waals surface area contributed by atoms with Gasteiger partial charge in [-0.1, -0.05) is 31.2 Å². The molecular weight excluding hydrogens is 250 g/mol. The van der Waals surface area contributed by atoms with E-state index in [1.165, 1.54) is 11.1 Å². The molecule has 1 aromatic rings. The highest BCUT2D eigenvalue weighted by atomic mass is 16.5. The molecule has 1 heterocycles. The third-order valence-corrected chi connectivity index (χ3v) is 4.92. The Hall–Kier alpha value is -1.35. The molecule has 0 bridgehead atoms. The van der Waals surface area contributed by atoms with Gasteiger partial charge in [0.05, 0.1) is 5.41 Å². The van der Waals surface area contributed by atoms with Crippen molar-refractivity contribution in [2.75, 3.05) is 13.1 Å². The highest BCUT2D eigenvalue weighted by molar-refractivity contribution is 5.78. The maximum Gasteiger partial charge on any atom is 0.314 e. The van der Waals surface area contributed by atoms with E-state index < -0.39 is 0 Å². The molecule has 0 amide bonds. The zero-order valence-corrected chi connectivity index (χ0v) is 12.2. The lowest BCUT2D eigenvalue weighted by Crippen LogP contribution is -2.35. The third kappa shape index (κ3) is 2.35. The number of rotatable bonds is 3. The third-order valence-electron chi connectivity index (χ3n) is 4.92. The molecule has 0 aromatic heterocycles. The van der Waals surface area contributed by atoms with E-state index in [9.17, 15) is 4.79 Å². The monoisotopic (exact) mass is 273 g/mol. The second-order valence-electron chi connectivity index (χ2n) is 6.05. The zero-order valence-electron chi connectivity index (χ0n) is 12.2. The van der Waals surface area contributed by atoms with Crippen LogP contribution in [0.1, 0.15) is 49.8 Å². The molecule has 1 aromatic carbocycles. The zero-order chi connectivity index (χ0) is 14.0. The molecule has 3 rings (SSSR count). The van der Waals surface area contributed by atoms with Gasteiger partial charge in [0.25, 0.3) is 0 Å². The van der Waals surface area contributed by atoms with Crippen molar-refractivity contribution in [1.29, 1.82) is 0 Å². The topological polar surface area (TPSA) is 38.3 Å². The minimum Gasteiger partial charge on any atom is -0.457 e. The number of fused-ring (bicyclic) bond motifs is 1. The summed E-state index contributed by atoms with van der Waals surface area (Å²) >= 11 is 0. The number of hydrogen-bond acceptors (Lipinski definition) is 3. The molecule has 108 valence electrons. The van der Waals surface area contributed by atoms with Gasteiger partial charge in [-0.3, -0.25) is 4.79 Å². The van der Waals surface area contributed by atoms with E-state index in [-0.39, 0.29) is 17.5 Å². The molecule has 3 heteroatoms. The Kier molecular flexibility index (Phi) is 3.79. The number of carbonyl (C=O) groups excluding carboxylic acids is 1. The van der Waals surface area contributed by atoms with Gasteiger partial charge in [0.1, 0.15) is 6.10 Å². The number of hydrogen-bond donors (Lipinski definition) is 1. The van der Waals surface area contributed by atoms with Crippen molar-refractivity contribution >= 4 is 5.97 Å². The lowest BCUT2D eigenvalue weighted by Gasteiger charge is -2.30. The first kappa shape index (κ1) is 13.6. The highest BCUT2D eigenvalue weighted by Crippen LogP contribution is 2.37. The summed E-state index contributed by atoms with van der Waals surface area (Å²) < 4.78 is 5.92. The van der Waals surface area contributed by atoms with Crippen LogP contribution >= 0.6 is 0 Å². The summed E-state index contributed by atoms with van der Waals surface area (Å²) in [5.74, 6) is -0.00768. The van der Waals surface area contributed by atoms with Crippen LogP contribution < -0.4 is 5.32 Å². The van der Waals surface area contributed by atoms with Crippen molar-refractivity contribution in [3.63, 3.8) is 0 Å². The van der Waals surface area contributed by atoms with Crippen LogP contribution in [0.5, 0.6) is 0 Å². The predicted molar refractivity (Wildman–Crippen MR) is 78.4 cm³/mol. The molecule has 1 aliphatic carbocycles. The van der Waals surface area contributed by atoms with Crippen LogP contribution in [0.4, 0.5) is 0 Å². The van der Waals surface area contributed by atoms with Crippen LogP contribution in [-0.4, -0.2) is 19.1 Å². The lowest BCUT2D eigenvalue weighted by molar-refractivity contribution is -0.162. The summed E-state index contributed by atoms with van der Waals surface area (Å²) in [5.41, 5.74) is 2.25. The van der Waals surface area contributed by atoms with Crippen LogP contribution in [0.15, 0.2) is 24.3 Å². The molecule has 1 N–H and O–H groups in total. The van der Waals surface area contributed by atoms with E-state index in [0.717, 1.165) is 45.2 Å². The lowest BCUT2D eigenvalue weighted by atomic mass is 9.84. The molecule has 1 saturated heterocycles. The Morgan fingerprint density at radius 1 is 1.45 bits per heavy atom. The van der Waals surface area contributed by atoms with Crippen LogP contribution in [0.3, 0.4) is 0 Å². The van der Waals surface area contributed by atoms with Crippen molar-refractivity contribution in [3.05, 3.63) is 35.4 Å². The minimum absolute atomic E-state index is 0.00768. The number of esters is 1. The first-order valence-corrected chi connectivity index (χ1v) is 7.75. The Bertz CT molecular complexity index is 492. The van der Waals surface area contributed by atoms with E-state index in [1.807, 2.05) is 6.07 Å². The van der Waals surface area contributed by atoms with Crippen LogP contribution in [-0.2, 0) is 16.0 Å². The Morgan fingerprint density at radius 2 is 2.30 bits per heavy atom. The quantitative estimate of drug-likeness (QED) is 0.860. The van der Waals surface area contributed by atoms with Gasteiger partial charge in [-0.15, -0.1) is 0 Å². The fraction of sp³-hybridized carbons (Fsp3) is 0.588. The Balaban J connectivity index is 1.77. The predicted octanol–water partition coefficient (Wildman–Crippen LogP) is 3.00. The van der Waals surface area contributed by atoms with Gasteiger partial charge in [-0.25, -0.2) is 0 Å². The van der Waals surface area contributed by atoms with E-state index in [1.54, 1.807) is 0 Å². The van der Waals surface area contributed by atoms with Gasteiger partial charge in [0.15, 0.2) is 0 Å². The summed E-state index contributed by atoms with van der Waals surface area (Å²) in [6.07, 6.45) is 4.87. The van der Waals surface area contributed by atoms with Crippen molar-refractivity contribution in [2.24, 2.45) is 5.41 Å². The maximum atomic E-state index is 12.6. The molecule has 0 radical (unpaired) electrons. The van der Waals surface area contributed by atoms with Crippen molar-refractivity contribution in [3.8, 4) is 0 Å². The van der Waals surface area contributed by atoms with E-state index >= 15 is 0 Å². The summed E-state index contributed by atoms with van der Waals surface area (Å²) in [6.45, 7) is 3.77. The number of benzene rings is 1. The molecule has 20 heavy (non-hydrogen) atoms. The maximum absolute atomic E-state index is 12.6. The van der Waals surface area contributed by atoms with Gasteiger partial charge in [0.2, 0.25) is 0 Å². The van der Waals surface area contributed by atoms with E-state index in [4.69, 9.17) is 4.74 Å². The Morgan fingerprint density at radius 3 is 3.05 bits per heavy atom. The smallest absolute Gasteiger partial charge is 0.314 e. The SMILES string of the molecule is CCC1(C(=O)OC2CCCc3ccccc32)CCNC1. The summed E-state index contributed by atoms with van der Waals surface area (Å²) in [7, 11) is 0. The molecule has 1 aliphatic heterocycles. The van der Waals surface area contributed by atoms with Gasteiger partial charge in [-0.2, -0.15) is 0 Å². The average Bonchev–Trinajstić information content (AvgIpc) is 2.98. The normalized spacial score (nSPS) is 28.9. The first-order chi connectivity index (χ1) is 9.75. The fourth-order valence-corrected chi connectivity index (χ4v) is 3.45. The molecular formula is C17H23NO2. The van der Waals surface area contributed by atoms with Crippen LogP contribution in [0, 0.1) is 5.41 Å². The number of ether oxygens (including phenoxy) is 1. The molecule has 3 nitrogen and oxygen atoms in total. The number of nitrogens with one attached hydrogen (secondary N) is 1. The van der Waals surface area contributed by atoms with Gasteiger partial charge >= 0.3 is 5.97 Å². The average molecular weight is 273 g/mol. The van der Waals surface area contributed by atoms with Gasteiger partial charge < -0.3 is 10.1 Å². The number of carbonyl (C=O) groups is 1. The van der Waals surface area contributed by atoms with Gasteiger partial charge in [0, 0.05) is 6.54 Å². The molecule has 2 unspecified atom stereocenters. The Labute approximate surface area is 120 Å². The van der Waals surface area contributed by atoms with E-state index in [2.05, 4.69) is 30.4 Å². The largest absolute Gasteiger partial charge is 0.457 e. The summed E-state index contributed by atoms with van der Waals surface area (Å²) in [6, 6.07) is 8.37. The van der Waals surface area contributed by atoms with E-state index in [0.29, 0.717) is 0 Å². The first-order valence-electron chi connectivity index (χ1n) is 7.75. The molecule has 2 aliphatic rings. The second-order valence-corrected chi connectivity index (χ2v) is 6.05. The fourth-order valence-electron chi connectivity index (χ4n) is 3.45. The number of aryl methyl sites for hydroxylation is 1. The second kappa shape index (κ2) is 5.57. The molecule has 1 fully saturated rings. The standard InChI is InChI=1S/C17H23NO2/c1-2-17(10-11-18-12-17)16(19)20-15-9-5-7-13-6-3-4-8-14(13)15/h3-4,6,8,15,18H,2,5,7,9-12H2,1H3. The van der Waals surface area contributed by atoms with Crippen LogP contribution in [0.2, 0.25) is 0 Å². The summed E-state index contributed by atoms with van der Waals surface area (Å²) in [5, 5.41) is 3.30. The van der Waals surface area contributed by atoms with Crippen molar-refractivity contribution in [2.45, 2.75) is 45.1 Å². The molecule has 2 atom stereocenters. The van der Waals surface area contributed by atoms with Crippen molar-refractivity contribution in [1.82, 2.24) is 5.32 Å². The molecule has 0 saturated carbocycles. The minimum atomic E-state index is -0.299. The highest BCUT2D eigenvalue weighted by Gasteiger charge is 2.42. The molecule has 0 spiro atoms. The van der Waals surface area contributed by atoms with Crippen molar-refractivity contribution < 1.29 is 9.53 Å². The van der Waals surface area contributed by atoms with Crippen LogP contribution in [0.25, 0.3) is 0 Å².